The van der Waals surface area contributed by atoms with Crippen LogP contribution in [0.5, 0.6) is 5.75 Å². The minimum absolute atomic E-state index is 0.0246. The highest BCUT2D eigenvalue weighted by Gasteiger charge is 2.22. The molecule has 0 aliphatic rings. The molecule has 4 N–H and O–H groups in total. The number of sulfonamides is 1. The molecule has 0 bridgehead atoms. The zero-order valence-corrected chi connectivity index (χ0v) is 15.4. The number of carbonyl (C=O) groups is 2. The SMILES string of the molecule is COc1ccc(NC(=O)CCCCNC(N)=O)cc1S(=O)(=O)N(C)C. The van der Waals surface area contributed by atoms with Crippen LogP contribution in [0.4, 0.5) is 10.5 Å². The number of nitrogens with two attached hydrogens (primary N) is 1. The number of anilines is 1. The van der Waals surface area contributed by atoms with Gasteiger partial charge < -0.3 is 21.1 Å². The summed E-state index contributed by atoms with van der Waals surface area (Å²) in [6.45, 7) is 0.399. The van der Waals surface area contributed by atoms with Crippen LogP contribution in [0, 0.1) is 0 Å². The quantitative estimate of drug-likeness (QED) is 0.550. The molecule has 25 heavy (non-hydrogen) atoms. The van der Waals surface area contributed by atoms with Gasteiger partial charge in [0.15, 0.2) is 0 Å². The summed E-state index contributed by atoms with van der Waals surface area (Å²) in [5, 5.41) is 5.09. The molecule has 0 saturated carbocycles. The third-order valence-electron chi connectivity index (χ3n) is 3.34. The van der Waals surface area contributed by atoms with Crippen molar-refractivity contribution in [1.29, 1.82) is 0 Å². The van der Waals surface area contributed by atoms with E-state index in [0.717, 1.165) is 4.31 Å². The molecule has 1 rings (SSSR count). The van der Waals surface area contributed by atoms with Gasteiger partial charge >= 0.3 is 6.03 Å². The number of methoxy groups -OCH3 is 1. The number of nitrogens with one attached hydrogen (secondary N) is 2. The fraction of sp³-hybridized carbons (Fsp3) is 0.467. The molecule has 0 atom stereocenters. The Labute approximate surface area is 147 Å². The van der Waals surface area contributed by atoms with Crippen molar-refractivity contribution in [2.24, 2.45) is 5.73 Å². The molecule has 9 nitrogen and oxygen atoms in total. The average Bonchev–Trinajstić information content (AvgIpc) is 2.54. The molecule has 0 aromatic heterocycles. The van der Waals surface area contributed by atoms with E-state index < -0.39 is 16.1 Å². The van der Waals surface area contributed by atoms with Crippen LogP contribution in [0.25, 0.3) is 0 Å². The lowest BCUT2D eigenvalue weighted by Gasteiger charge is -2.16. The maximum absolute atomic E-state index is 12.3. The summed E-state index contributed by atoms with van der Waals surface area (Å²) in [5.74, 6) is -0.0540. The topological polar surface area (TPSA) is 131 Å². The molecule has 0 aliphatic carbocycles. The summed E-state index contributed by atoms with van der Waals surface area (Å²) in [6.07, 6.45) is 1.41. The van der Waals surface area contributed by atoms with Crippen molar-refractivity contribution in [3.63, 3.8) is 0 Å². The first-order valence-corrected chi connectivity index (χ1v) is 9.06. The second-order valence-electron chi connectivity index (χ2n) is 5.45. The summed E-state index contributed by atoms with van der Waals surface area (Å²) in [4.78, 5) is 22.4. The van der Waals surface area contributed by atoms with E-state index in [1.807, 2.05) is 0 Å². The fourth-order valence-corrected chi connectivity index (χ4v) is 3.07. The number of hydrogen-bond donors (Lipinski definition) is 3. The van der Waals surface area contributed by atoms with E-state index in [1.54, 1.807) is 6.07 Å². The molecule has 0 unspecified atom stereocenters. The van der Waals surface area contributed by atoms with Gasteiger partial charge in [0, 0.05) is 32.7 Å². The fourth-order valence-electron chi connectivity index (χ4n) is 2.00. The molecular formula is C15H24N4O5S. The van der Waals surface area contributed by atoms with Crippen molar-refractivity contribution in [1.82, 2.24) is 9.62 Å². The maximum Gasteiger partial charge on any atom is 0.312 e. The largest absolute Gasteiger partial charge is 0.495 e. The number of hydrogen-bond acceptors (Lipinski definition) is 5. The first-order valence-electron chi connectivity index (χ1n) is 7.62. The second-order valence-corrected chi connectivity index (χ2v) is 7.57. The molecular weight excluding hydrogens is 348 g/mol. The Morgan fingerprint density at radius 3 is 2.48 bits per heavy atom. The molecule has 0 aliphatic heterocycles. The summed E-state index contributed by atoms with van der Waals surface area (Å²) in [6, 6.07) is 3.82. The molecule has 3 amide bonds. The number of rotatable bonds is 9. The van der Waals surface area contributed by atoms with Crippen LogP contribution in [0.15, 0.2) is 23.1 Å². The Morgan fingerprint density at radius 2 is 1.92 bits per heavy atom. The Balaban J connectivity index is 2.74. The van der Waals surface area contributed by atoms with Crippen LogP contribution < -0.4 is 21.1 Å². The van der Waals surface area contributed by atoms with E-state index in [4.69, 9.17) is 10.5 Å². The number of urea groups is 1. The first kappa shape index (κ1) is 20.7. The lowest BCUT2D eigenvalue weighted by atomic mass is 10.2. The van der Waals surface area contributed by atoms with Gasteiger partial charge in [-0.15, -0.1) is 0 Å². The van der Waals surface area contributed by atoms with E-state index in [1.165, 1.54) is 33.3 Å². The molecule has 140 valence electrons. The van der Waals surface area contributed by atoms with Gasteiger partial charge in [-0.2, -0.15) is 0 Å². The van der Waals surface area contributed by atoms with Crippen molar-refractivity contribution in [3.05, 3.63) is 18.2 Å². The predicted molar refractivity (Wildman–Crippen MR) is 93.9 cm³/mol. The molecule has 0 fully saturated rings. The Bertz CT molecular complexity index is 719. The zero-order valence-electron chi connectivity index (χ0n) is 14.5. The van der Waals surface area contributed by atoms with Crippen molar-refractivity contribution < 1.29 is 22.7 Å². The van der Waals surface area contributed by atoms with Crippen LogP contribution >= 0.6 is 0 Å². The van der Waals surface area contributed by atoms with Gasteiger partial charge in [-0.3, -0.25) is 4.79 Å². The summed E-state index contributed by atoms with van der Waals surface area (Å²) in [5.41, 5.74) is 5.30. The van der Waals surface area contributed by atoms with Crippen LogP contribution in [0.3, 0.4) is 0 Å². The van der Waals surface area contributed by atoms with Crippen molar-refractivity contribution in [2.45, 2.75) is 24.2 Å². The lowest BCUT2D eigenvalue weighted by Crippen LogP contribution is -2.30. The van der Waals surface area contributed by atoms with Gasteiger partial charge in [-0.1, -0.05) is 0 Å². The number of carbonyl (C=O) groups excluding carboxylic acids is 2. The van der Waals surface area contributed by atoms with Crippen LogP contribution in [-0.2, 0) is 14.8 Å². The minimum atomic E-state index is -3.71. The molecule has 0 radical (unpaired) electrons. The number of amides is 3. The molecule has 0 spiro atoms. The maximum atomic E-state index is 12.3. The highest BCUT2D eigenvalue weighted by molar-refractivity contribution is 7.89. The first-order chi connectivity index (χ1) is 11.7. The monoisotopic (exact) mass is 372 g/mol. The van der Waals surface area contributed by atoms with Gasteiger partial charge in [0.05, 0.1) is 7.11 Å². The number of nitrogens with zero attached hydrogens (tertiary/aromatic N) is 1. The van der Waals surface area contributed by atoms with E-state index in [-0.39, 0.29) is 23.0 Å². The Kier molecular flexibility index (Phi) is 7.65. The molecule has 10 heteroatoms. The van der Waals surface area contributed by atoms with Gasteiger partial charge in [0.1, 0.15) is 10.6 Å². The third kappa shape index (κ3) is 6.24. The lowest BCUT2D eigenvalue weighted by molar-refractivity contribution is -0.116. The average molecular weight is 372 g/mol. The number of primary amides is 1. The number of benzene rings is 1. The summed E-state index contributed by atoms with van der Waals surface area (Å²) >= 11 is 0. The number of unbranched alkanes of at least 4 members (excludes halogenated alkanes) is 1. The van der Waals surface area contributed by atoms with Crippen molar-refractivity contribution in [3.8, 4) is 5.75 Å². The van der Waals surface area contributed by atoms with E-state index in [2.05, 4.69) is 10.6 Å². The zero-order chi connectivity index (χ0) is 19.0. The third-order valence-corrected chi connectivity index (χ3v) is 5.17. The highest BCUT2D eigenvalue weighted by Crippen LogP contribution is 2.28. The van der Waals surface area contributed by atoms with Crippen molar-refractivity contribution in [2.75, 3.05) is 33.1 Å². The van der Waals surface area contributed by atoms with Gasteiger partial charge in [-0.25, -0.2) is 17.5 Å². The Morgan fingerprint density at radius 1 is 1.24 bits per heavy atom. The highest BCUT2D eigenvalue weighted by atomic mass is 32.2. The van der Waals surface area contributed by atoms with Crippen LogP contribution in [0.1, 0.15) is 19.3 Å². The van der Waals surface area contributed by atoms with E-state index >= 15 is 0 Å². The molecule has 0 saturated heterocycles. The van der Waals surface area contributed by atoms with E-state index in [9.17, 15) is 18.0 Å². The van der Waals surface area contributed by atoms with Crippen LogP contribution in [0.2, 0.25) is 0 Å². The van der Waals surface area contributed by atoms with Crippen molar-refractivity contribution >= 4 is 27.6 Å². The standard InChI is InChI=1S/C15H24N4O5S/c1-19(2)25(22,23)13-10-11(7-8-12(13)24-3)18-14(20)6-4-5-9-17-15(16)21/h7-8,10H,4-6,9H2,1-3H3,(H,18,20)(H3,16,17,21). The van der Waals surface area contributed by atoms with Gasteiger partial charge in [0.2, 0.25) is 15.9 Å². The molecule has 1 aromatic carbocycles. The number of ether oxygens (including phenoxy) is 1. The van der Waals surface area contributed by atoms with E-state index in [0.29, 0.717) is 25.1 Å². The second kappa shape index (κ2) is 9.23. The predicted octanol–water partition coefficient (Wildman–Crippen LogP) is 0.723. The molecule has 0 heterocycles. The minimum Gasteiger partial charge on any atom is -0.495 e. The normalized spacial score (nSPS) is 11.2. The molecule has 1 aromatic rings. The van der Waals surface area contributed by atoms with Gasteiger partial charge in [-0.05, 0) is 31.0 Å². The van der Waals surface area contributed by atoms with Gasteiger partial charge in [0.25, 0.3) is 0 Å². The summed E-state index contributed by atoms with van der Waals surface area (Å²) < 4.78 is 30.8. The summed E-state index contributed by atoms with van der Waals surface area (Å²) in [7, 11) is 0.506. The Hall–Kier alpha value is -2.33. The smallest absolute Gasteiger partial charge is 0.312 e. The van der Waals surface area contributed by atoms with Crippen LogP contribution in [-0.4, -0.2) is 52.4 Å².